The van der Waals surface area contributed by atoms with Gasteiger partial charge in [0.2, 0.25) is 5.91 Å². The van der Waals surface area contributed by atoms with Crippen LogP contribution in [0.25, 0.3) is 0 Å². The molecule has 1 N–H and O–H groups in total. The molecular formula is C23H33N5O4. The van der Waals surface area contributed by atoms with Crippen molar-refractivity contribution in [3.8, 4) is 11.5 Å². The van der Waals surface area contributed by atoms with Crippen LogP contribution in [0.2, 0.25) is 0 Å². The van der Waals surface area contributed by atoms with E-state index in [0.717, 1.165) is 24.9 Å². The Kier molecular flexibility index (Phi) is 8.08. The van der Waals surface area contributed by atoms with Crippen LogP contribution in [0.15, 0.2) is 18.3 Å². The largest absolute Gasteiger partial charge is 0.493 e. The van der Waals surface area contributed by atoms with Crippen molar-refractivity contribution in [2.24, 2.45) is 5.92 Å². The summed E-state index contributed by atoms with van der Waals surface area (Å²) in [5, 5.41) is 10.8. The van der Waals surface area contributed by atoms with Crippen molar-refractivity contribution in [2.45, 2.75) is 52.6 Å². The summed E-state index contributed by atoms with van der Waals surface area (Å²) >= 11 is 0. The Bertz CT molecular complexity index is 940. The molecule has 0 aliphatic carbocycles. The number of aromatic nitrogens is 3. The molecule has 9 nitrogen and oxygen atoms in total. The van der Waals surface area contributed by atoms with E-state index in [4.69, 9.17) is 9.47 Å². The maximum absolute atomic E-state index is 12.7. The lowest BCUT2D eigenvalue weighted by Gasteiger charge is -2.29. The fourth-order valence-corrected chi connectivity index (χ4v) is 3.69. The molecule has 0 saturated carbocycles. The molecule has 1 aliphatic heterocycles. The van der Waals surface area contributed by atoms with Crippen LogP contribution in [-0.4, -0.2) is 59.0 Å². The molecular weight excluding hydrogens is 410 g/mol. The minimum atomic E-state index is -0.263. The number of nitrogens with zero attached hydrogens (tertiary/aromatic N) is 4. The molecule has 9 heteroatoms. The second-order valence-corrected chi connectivity index (χ2v) is 8.45. The van der Waals surface area contributed by atoms with Gasteiger partial charge in [-0.25, -0.2) is 0 Å². The predicted molar refractivity (Wildman–Crippen MR) is 120 cm³/mol. The second kappa shape index (κ2) is 11.0. The average Bonchev–Trinajstić information content (AvgIpc) is 3.28. The van der Waals surface area contributed by atoms with E-state index in [-0.39, 0.29) is 11.8 Å². The molecule has 32 heavy (non-hydrogen) atoms. The topological polar surface area (TPSA) is 98.6 Å². The predicted octanol–water partition coefficient (Wildman–Crippen LogP) is 2.44. The summed E-state index contributed by atoms with van der Waals surface area (Å²) in [6.45, 7) is 6.67. The van der Waals surface area contributed by atoms with Gasteiger partial charge in [-0.3, -0.25) is 14.3 Å². The van der Waals surface area contributed by atoms with E-state index in [9.17, 15) is 9.59 Å². The Balaban J connectivity index is 1.43. The Morgan fingerprint density at radius 2 is 1.88 bits per heavy atom. The first-order valence-corrected chi connectivity index (χ1v) is 11.1. The van der Waals surface area contributed by atoms with Crippen molar-refractivity contribution < 1.29 is 19.1 Å². The summed E-state index contributed by atoms with van der Waals surface area (Å²) in [5.74, 6) is 1.76. The lowest BCUT2D eigenvalue weighted by Crippen LogP contribution is -2.36. The van der Waals surface area contributed by atoms with Gasteiger partial charge < -0.3 is 19.7 Å². The van der Waals surface area contributed by atoms with Crippen LogP contribution < -0.4 is 14.8 Å². The molecule has 0 atom stereocenters. The quantitative estimate of drug-likeness (QED) is 0.567. The molecule has 0 fully saturated rings. The summed E-state index contributed by atoms with van der Waals surface area (Å²) in [4.78, 5) is 26.8. The normalized spacial score (nSPS) is 13.1. The average molecular weight is 444 g/mol. The second-order valence-electron chi connectivity index (χ2n) is 8.45. The fourth-order valence-electron chi connectivity index (χ4n) is 3.69. The van der Waals surface area contributed by atoms with E-state index in [1.54, 1.807) is 25.1 Å². The molecule has 3 rings (SSSR count). The van der Waals surface area contributed by atoms with E-state index in [2.05, 4.69) is 29.5 Å². The van der Waals surface area contributed by atoms with Gasteiger partial charge in [0.1, 0.15) is 0 Å². The Morgan fingerprint density at radius 3 is 2.56 bits per heavy atom. The zero-order chi connectivity index (χ0) is 23.1. The van der Waals surface area contributed by atoms with Gasteiger partial charge in [0.25, 0.3) is 5.91 Å². The van der Waals surface area contributed by atoms with E-state index < -0.39 is 0 Å². The van der Waals surface area contributed by atoms with Crippen LogP contribution in [0.1, 0.15) is 54.7 Å². The molecule has 0 saturated heterocycles. The summed E-state index contributed by atoms with van der Waals surface area (Å²) in [7, 11) is 3.23. The maximum atomic E-state index is 12.7. The van der Waals surface area contributed by atoms with Crippen LogP contribution in [-0.2, 0) is 24.3 Å². The van der Waals surface area contributed by atoms with E-state index in [1.807, 2.05) is 17.0 Å². The summed E-state index contributed by atoms with van der Waals surface area (Å²) in [6, 6.07) is 3.94. The van der Waals surface area contributed by atoms with Crippen molar-refractivity contribution >= 4 is 11.8 Å². The zero-order valence-corrected chi connectivity index (χ0v) is 19.4. The number of benzene rings is 1. The Labute approximate surface area is 189 Å². The van der Waals surface area contributed by atoms with Gasteiger partial charge in [0, 0.05) is 32.6 Å². The van der Waals surface area contributed by atoms with Gasteiger partial charge in [-0.2, -0.15) is 0 Å². The number of ether oxygens (including phenoxy) is 2. The number of aryl methyl sites for hydroxylation is 1. The van der Waals surface area contributed by atoms with Crippen LogP contribution in [0.4, 0.5) is 0 Å². The number of hydrogen-bond acceptors (Lipinski definition) is 6. The minimum absolute atomic E-state index is 0.0827. The molecule has 1 aliphatic rings. The Hall–Kier alpha value is -3.10. The van der Waals surface area contributed by atoms with Gasteiger partial charge in [0.15, 0.2) is 17.2 Å². The highest BCUT2D eigenvalue weighted by atomic mass is 16.5. The van der Waals surface area contributed by atoms with Crippen LogP contribution >= 0.6 is 0 Å². The van der Waals surface area contributed by atoms with Crippen LogP contribution in [0, 0.1) is 5.92 Å². The highest BCUT2D eigenvalue weighted by molar-refractivity contribution is 5.91. The summed E-state index contributed by atoms with van der Waals surface area (Å²) in [6.07, 6.45) is 4.38. The number of carbonyl (C=O) groups is 2. The lowest BCUT2D eigenvalue weighted by molar-refractivity contribution is -0.132. The highest BCUT2D eigenvalue weighted by Gasteiger charge is 2.22. The number of hydrogen-bond donors (Lipinski definition) is 1. The monoisotopic (exact) mass is 443 g/mol. The van der Waals surface area contributed by atoms with Crippen molar-refractivity contribution in [3.05, 3.63) is 35.2 Å². The Morgan fingerprint density at radius 1 is 1.16 bits per heavy atom. The minimum Gasteiger partial charge on any atom is -0.493 e. The van der Waals surface area contributed by atoms with Gasteiger partial charge in [-0.05, 0) is 48.4 Å². The van der Waals surface area contributed by atoms with Gasteiger partial charge in [0.05, 0.1) is 20.4 Å². The van der Waals surface area contributed by atoms with E-state index in [1.165, 1.54) is 5.56 Å². The van der Waals surface area contributed by atoms with E-state index >= 15 is 0 Å². The number of fused-ring (bicyclic) bond motifs is 1. The first-order valence-electron chi connectivity index (χ1n) is 11.1. The molecule has 2 amide bonds. The highest BCUT2D eigenvalue weighted by Crippen LogP contribution is 2.33. The van der Waals surface area contributed by atoms with Gasteiger partial charge in [-0.1, -0.05) is 19.1 Å². The number of rotatable bonds is 10. The third-order valence-corrected chi connectivity index (χ3v) is 5.63. The SMILES string of the molecule is COc1cc2c(cc1OC)CN(C(=O)CCCNC(=O)c1cn(CCC(C)C)nn1)CC2. The molecule has 0 unspecified atom stereocenters. The van der Waals surface area contributed by atoms with Gasteiger partial charge in [-0.15, -0.1) is 5.10 Å². The first kappa shape index (κ1) is 23.6. The van der Waals surface area contributed by atoms with Crippen molar-refractivity contribution in [1.29, 1.82) is 0 Å². The third-order valence-electron chi connectivity index (χ3n) is 5.63. The van der Waals surface area contributed by atoms with Gasteiger partial charge >= 0.3 is 0 Å². The van der Waals surface area contributed by atoms with Crippen LogP contribution in [0.5, 0.6) is 11.5 Å². The summed E-state index contributed by atoms with van der Waals surface area (Å²) < 4.78 is 12.4. The number of methoxy groups -OCH3 is 2. The van der Waals surface area contributed by atoms with Crippen molar-refractivity contribution in [2.75, 3.05) is 27.3 Å². The van der Waals surface area contributed by atoms with Crippen molar-refractivity contribution in [1.82, 2.24) is 25.2 Å². The van der Waals surface area contributed by atoms with E-state index in [0.29, 0.717) is 55.6 Å². The first-order chi connectivity index (χ1) is 15.4. The molecule has 1 aromatic carbocycles. The third kappa shape index (κ3) is 5.99. The smallest absolute Gasteiger partial charge is 0.273 e. The molecule has 174 valence electrons. The molecule has 2 aromatic rings. The summed E-state index contributed by atoms with van der Waals surface area (Å²) in [5.41, 5.74) is 2.56. The number of carbonyl (C=O) groups excluding carboxylic acids is 2. The zero-order valence-electron chi connectivity index (χ0n) is 19.4. The maximum Gasteiger partial charge on any atom is 0.273 e. The molecule has 0 bridgehead atoms. The molecule has 0 spiro atoms. The molecule has 2 heterocycles. The fraction of sp³-hybridized carbons (Fsp3) is 0.565. The van der Waals surface area contributed by atoms with Crippen LogP contribution in [0.3, 0.4) is 0 Å². The number of amides is 2. The molecule has 1 aromatic heterocycles. The standard InChI is InChI=1S/C23H33N5O4/c1-16(2)7-11-28-15-19(25-26-28)23(30)24-9-5-6-22(29)27-10-8-17-12-20(31-3)21(32-4)13-18(17)14-27/h12-13,15-16H,5-11,14H2,1-4H3,(H,24,30). The number of nitrogens with one attached hydrogen (secondary N) is 1. The lowest BCUT2D eigenvalue weighted by atomic mass is 9.98. The van der Waals surface area contributed by atoms with Crippen molar-refractivity contribution in [3.63, 3.8) is 0 Å². The molecule has 0 radical (unpaired) electrons.